The molecule has 0 heterocycles. The van der Waals surface area contributed by atoms with E-state index >= 15 is 0 Å². The first kappa shape index (κ1) is 26.9. The number of esters is 2. The van der Waals surface area contributed by atoms with E-state index in [0.29, 0.717) is 39.0 Å². The van der Waals surface area contributed by atoms with Gasteiger partial charge in [-0.15, -0.1) is 0 Å². The van der Waals surface area contributed by atoms with Gasteiger partial charge in [-0.25, -0.2) is 0 Å². The molecule has 28 heavy (non-hydrogen) atoms. The third kappa shape index (κ3) is 13.9. The summed E-state index contributed by atoms with van der Waals surface area (Å²) in [4.78, 5) is 23.5. The maximum atomic E-state index is 12.2. The molecule has 166 valence electrons. The van der Waals surface area contributed by atoms with E-state index in [4.69, 9.17) is 9.47 Å². The van der Waals surface area contributed by atoms with Gasteiger partial charge in [0, 0.05) is 6.42 Å². The van der Waals surface area contributed by atoms with E-state index in [2.05, 4.69) is 19.2 Å². The molecule has 0 aromatic carbocycles. The monoisotopic (exact) mass is 401 g/mol. The van der Waals surface area contributed by atoms with Gasteiger partial charge < -0.3 is 19.9 Å². The highest BCUT2D eigenvalue weighted by Crippen LogP contribution is 2.15. The molecule has 0 saturated heterocycles. The Kier molecular flexibility index (Phi) is 17.2. The molecule has 6 nitrogen and oxygen atoms in total. The van der Waals surface area contributed by atoms with E-state index < -0.39 is 0 Å². The Morgan fingerprint density at radius 3 is 2.21 bits per heavy atom. The van der Waals surface area contributed by atoms with Crippen molar-refractivity contribution in [3.05, 3.63) is 0 Å². The maximum absolute atomic E-state index is 12.2. The van der Waals surface area contributed by atoms with E-state index in [1.807, 2.05) is 13.8 Å². The number of carbonyl (C=O) groups excluding carboxylic acids is 2. The quantitative estimate of drug-likeness (QED) is 0.267. The smallest absolute Gasteiger partial charge is 0.323 e. The van der Waals surface area contributed by atoms with Crippen LogP contribution in [-0.2, 0) is 19.1 Å². The summed E-state index contributed by atoms with van der Waals surface area (Å²) in [6.07, 6.45) is 8.40. The Balaban J connectivity index is 4.13. The average Bonchev–Trinajstić information content (AvgIpc) is 2.67. The first-order valence-corrected chi connectivity index (χ1v) is 11.2. The highest BCUT2D eigenvalue weighted by Gasteiger charge is 2.20. The van der Waals surface area contributed by atoms with Gasteiger partial charge in [0.2, 0.25) is 0 Å². The molecule has 0 bridgehead atoms. The minimum atomic E-state index is -0.343. The molecule has 2 N–H and O–H groups in total. The summed E-state index contributed by atoms with van der Waals surface area (Å²) in [5, 5.41) is 13.5. The third-order valence-electron chi connectivity index (χ3n) is 5.00. The van der Waals surface area contributed by atoms with Gasteiger partial charge in [-0.05, 0) is 52.0 Å². The Hall–Kier alpha value is -1.14. The molecule has 0 fully saturated rings. The van der Waals surface area contributed by atoms with Gasteiger partial charge in [-0.1, -0.05) is 46.0 Å². The summed E-state index contributed by atoms with van der Waals surface area (Å²) in [6.45, 7) is 9.25. The molecule has 0 aliphatic rings. The number of hydrogen-bond acceptors (Lipinski definition) is 6. The van der Waals surface area contributed by atoms with Crippen molar-refractivity contribution < 1.29 is 24.2 Å². The van der Waals surface area contributed by atoms with E-state index in [1.54, 1.807) is 0 Å². The third-order valence-corrected chi connectivity index (χ3v) is 5.00. The number of rotatable bonds is 18. The molecule has 0 aromatic rings. The Labute approximate surface area is 171 Å². The van der Waals surface area contributed by atoms with Gasteiger partial charge in [0.15, 0.2) is 0 Å². The van der Waals surface area contributed by atoms with Crippen molar-refractivity contribution in [3.8, 4) is 0 Å². The molecule has 0 spiro atoms. The molecule has 0 radical (unpaired) electrons. The van der Waals surface area contributed by atoms with Gasteiger partial charge in [-0.3, -0.25) is 9.59 Å². The van der Waals surface area contributed by atoms with Crippen LogP contribution in [0.15, 0.2) is 0 Å². The number of ether oxygens (including phenoxy) is 2. The highest BCUT2D eigenvalue weighted by molar-refractivity contribution is 5.75. The van der Waals surface area contributed by atoms with Crippen LogP contribution >= 0.6 is 0 Å². The number of aliphatic hydroxyl groups is 1. The molecule has 0 aromatic heterocycles. The van der Waals surface area contributed by atoms with Crippen molar-refractivity contribution in [2.24, 2.45) is 5.92 Å². The number of nitrogens with one attached hydrogen (secondary N) is 1. The normalized spacial score (nSPS) is 14.3. The zero-order chi connectivity index (χ0) is 21.2. The Morgan fingerprint density at radius 1 is 0.893 bits per heavy atom. The lowest BCUT2D eigenvalue weighted by molar-refractivity contribution is -0.146. The van der Waals surface area contributed by atoms with Crippen molar-refractivity contribution in [1.29, 1.82) is 0 Å². The van der Waals surface area contributed by atoms with Crippen molar-refractivity contribution in [2.75, 3.05) is 19.8 Å². The average molecular weight is 402 g/mol. The molecule has 0 aliphatic heterocycles. The summed E-state index contributed by atoms with van der Waals surface area (Å²) in [6, 6.07) is -0.330. The highest BCUT2D eigenvalue weighted by atomic mass is 16.5. The fourth-order valence-electron chi connectivity index (χ4n) is 3.16. The van der Waals surface area contributed by atoms with Gasteiger partial charge >= 0.3 is 11.9 Å². The zero-order valence-corrected chi connectivity index (χ0v) is 18.5. The second-order valence-corrected chi connectivity index (χ2v) is 7.49. The number of unbranched alkanes of at least 4 members (excludes halogenated alkanes) is 4. The van der Waals surface area contributed by atoms with E-state index in [-0.39, 0.29) is 30.0 Å². The molecular formula is C22H43NO5. The van der Waals surface area contributed by atoms with Crippen LogP contribution < -0.4 is 5.32 Å². The standard InChI is InChI=1S/C22H43NO5/c1-5-8-13-18(4)20(24)16-17-23-19(22(26)28-7-3)14-11-9-10-12-15-21(25)27-6-2/h18-20,23-24H,5-17H2,1-4H3. The predicted molar refractivity (Wildman–Crippen MR) is 112 cm³/mol. The number of carbonyl (C=O) groups is 2. The van der Waals surface area contributed by atoms with Crippen LogP contribution in [0.3, 0.4) is 0 Å². The molecular weight excluding hydrogens is 358 g/mol. The van der Waals surface area contributed by atoms with Gasteiger partial charge in [0.05, 0.1) is 19.3 Å². The maximum Gasteiger partial charge on any atom is 0.323 e. The number of hydrogen-bond donors (Lipinski definition) is 2. The van der Waals surface area contributed by atoms with Gasteiger partial charge in [0.25, 0.3) is 0 Å². The molecule has 0 saturated carbocycles. The molecule has 6 heteroatoms. The fourth-order valence-corrected chi connectivity index (χ4v) is 3.16. The van der Waals surface area contributed by atoms with Crippen LogP contribution in [0.4, 0.5) is 0 Å². The Bertz CT molecular complexity index is 402. The van der Waals surface area contributed by atoms with Crippen molar-refractivity contribution in [1.82, 2.24) is 5.32 Å². The summed E-state index contributed by atoms with van der Waals surface area (Å²) < 4.78 is 10.1. The van der Waals surface area contributed by atoms with Crippen LogP contribution in [-0.4, -0.2) is 48.9 Å². The summed E-state index contributed by atoms with van der Waals surface area (Å²) in [7, 11) is 0. The van der Waals surface area contributed by atoms with Crippen molar-refractivity contribution >= 4 is 11.9 Å². The summed E-state index contributed by atoms with van der Waals surface area (Å²) in [5.41, 5.74) is 0. The lowest BCUT2D eigenvalue weighted by Gasteiger charge is -2.21. The van der Waals surface area contributed by atoms with Crippen LogP contribution in [0.5, 0.6) is 0 Å². The van der Waals surface area contributed by atoms with E-state index in [0.717, 1.165) is 44.9 Å². The minimum absolute atomic E-state index is 0.139. The van der Waals surface area contributed by atoms with Crippen LogP contribution in [0.1, 0.15) is 91.9 Å². The second-order valence-electron chi connectivity index (χ2n) is 7.49. The molecule has 0 amide bonds. The molecule has 3 unspecified atom stereocenters. The molecule has 0 rings (SSSR count). The lowest BCUT2D eigenvalue weighted by Crippen LogP contribution is -2.40. The van der Waals surface area contributed by atoms with Crippen LogP contribution in [0.2, 0.25) is 0 Å². The summed E-state index contributed by atoms with van der Waals surface area (Å²) >= 11 is 0. The van der Waals surface area contributed by atoms with Crippen LogP contribution in [0, 0.1) is 5.92 Å². The van der Waals surface area contributed by atoms with Crippen molar-refractivity contribution in [3.63, 3.8) is 0 Å². The Morgan fingerprint density at radius 2 is 1.57 bits per heavy atom. The lowest BCUT2D eigenvalue weighted by atomic mass is 9.96. The second kappa shape index (κ2) is 17.9. The van der Waals surface area contributed by atoms with E-state index in [1.165, 1.54) is 0 Å². The fraction of sp³-hybridized carbons (Fsp3) is 0.909. The van der Waals surface area contributed by atoms with Crippen molar-refractivity contribution in [2.45, 2.75) is 104 Å². The molecule has 3 atom stereocenters. The van der Waals surface area contributed by atoms with Gasteiger partial charge in [0.1, 0.15) is 6.04 Å². The number of aliphatic hydroxyl groups excluding tert-OH is 1. The summed E-state index contributed by atoms with van der Waals surface area (Å²) in [5.74, 6) is -0.0787. The first-order valence-electron chi connectivity index (χ1n) is 11.2. The SMILES string of the molecule is CCCCC(C)C(O)CCNC(CCCCCCC(=O)OCC)C(=O)OCC. The van der Waals surface area contributed by atoms with E-state index in [9.17, 15) is 14.7 Å². The first-order chi connectivity index (χ1) is 13.5. The van der Waals surface area contributed by atoms with Gasteiger partial charge in [-0.2, -0.15) is 0 Å². The van der Waals surface area contributed by atoms with Crippen LogP contribution in [0.25, 0.3) is 0 Å². The zero-order valence-electron chi connectivity index (χ0n) is 18.5. The minimum Gasteiger partial charge on any atom is -0.466 e. The predicted octanol–water partition coefficient (Wildman–Crippen LogP) is 3.99. The topological polar surface area (TPSA) is 84.9 Å². The largest absolute Gasteiger partial charge is 0.466 e. The molecule has 0 aliphatic carbocycles.